The molecular formula is C16H20N2O3. The molecule has 1 aliphatic rings. The number of hydrogen-bond donors (Lipinski definition) is 3. The first-order valence-electron chi connectivity index (χ1n) is 7.28. The summed E-state index contributed by atoms with van der Waals surface area (Å²) in [6.45, 7) is 2.74. The molecule has 1 aliphatic heterocycles. The summed E-state index contributed by atoms with van der Waals surface area (Å²) in [5.74, 6) is -0.725. The zero-order valence-corrected chi connectivity index (χ0v) is 12.3. The van der Waals surface area contributed by atoms with Gasteiger partial charge in [-0.25, -0.2) is 4.79 Å². The van der Waals surface area contributed by atoms with Gasteiger partial charge < -0.3 is 14.8 Å². The average Bonchev–Trinajstić information content (AvgIpc) is 2.88. The van der Waals surface area contributed by atoms with Gasteiger partial charge in [-0.15, -0.1) is 0 Å². The Morgan fingerprint density at radius 2 is 2.24 bits per heavy atom. The number of carboxylic acids is 1. The lowest BCUT2D eigenvalue weighted by Gasteiger charge is -2.36. The van der Waals surface area contributed by atoms with E-state index in [0.717, 1.165) is 29.3 Å². The van der Waals surface area contributed by atoms with E-state index in [2.05, 4.69) is 17.2 Å². The number of hydrogen-bond acceptors (Lipinski definition) is 3. The summed E-state index contributed by atoms with van der Waals surface area (Å²) < 4.78 is 5.38. The number of carbonyl (C=O) groups is 1. The van der Waals surface area contributed by atoms with Gasteiger partial charge in [-0.05, 0) is 24.0 Å². The summed E-state index contributed by atoms with van der Waals surface area (Å²) in [5, 5.41) is 13.8. The molecule has 1 aromatic heterocycles. The zero-order valence-electron chi connectivity index (χ0n) is 12.3. The highest BCUT2D eigenvalue weighted by molar-refractivity contribution is 5.90. The number of benzene rings is 1. The molecule has 0 aliphatic carbocycles. The molecule has 112 valence electrons. The predicted molar refractivity (Wildman–Crippen MR) is 80.3 cm³/mol. The van der Waals surface area contributed by atoms with E-state index in [1.54, 1.807) is 0 Å². The van der Waals surface area contributed by atoms with Gasteiger partial charge in [0, 0.05) is 24.6 Å². The first-order valence-corrected chi connectivity index (χ1v) is 7.28. The number of ether oxygens (including phenoxy) is 1. The molecule has 1 aromatic carbocycles. The summed E-state index contributed by atoms with van der Waals surface area (Å²) in [7, 11) is 1.43. The van der Waals surface area contributed by atoms with E-state index in [4.69, 9.17) is 4.74 Å². The summed E-state index contributed by atoms with van der Waals surface area (Å²) in [5.41, 5.74) is 1.17. The van der Waals surface area contributed by atoms with E-state index in [1.807, 2.05) is 24.3 Å². The van der Waals surface area contributed by atoms with Crippen molar-refractivity contribution in [3.8, 4) is 0 Å². The van der Waals surface area contributed by atoms with Gasteiger partial charge in [0.25, 0.3) is 5.72 Å². The number of H-pyrrole nitrogens is 1. The second-order valence-corrected chi connectivity index (χ2v) is 5.52. The summed E-state index contributed by atoms with van der Waals surface area (Å²) >= 11 is 0. The average molecular weight is 288 g/mol. The van der Waals surface area contributed by atoms with E-state index in [-0.39, 0.29) is 0 Å². The number of aliphatic carboxylic acids is 1. The van der Waals surface area contributed by atoms with Crippen molar-refractivity contribution < 1.29 is 14.6 Å². The lowest BCUT2D eigenvalue weighted by molar-refractivity contribution is -0.170. The van der Waals surface area contributed by atoms with Gasteiger partial charge >= 0.3 is 5.97 Å². The van der Waals surface area contributed by atoms with Crippen LogP contribution in [-0.2, 0) is 15.3 Å². The molecule has 2 unspecified atom stereocenters. The molecule has 0 saturated carbocycles. The van der Waals surface area contributed by atoms with E-state index < -0.39 is 11.7 Å². The van der Waals surface area contributed by atoms with Gasteiger partial charge in [0.1, 0.15) is 0 Å². The molecule has 2 aromatic rings. The van der Waals surface area contributed by atoms with Crippen molar-refractivity contribution in [1.29, 1.82) is 0 Å². The second-order valence-electron chi connectivity index (χ2n) is 5.52. The minimum atomic E-state index is -1.49. The maximum absolute atomic E-state index is 11.8. The van der Waals surface area contributed by atoms with Gasteiger partial charge in [0.2, 0.25) is 0 Å². The van der Waals surface area contributed by atoms with Crippen LogP contribution in [-0.4, -0.2) is 29.7 Å². The van der Waals surface area contributed by atoms with Gasteiger partial charge in [-0.2, -0.15) is 0 Å². The fourth-order valence-corrected chi connectivity index (χ4v) is 3.36. The number of fused-ring (bicyclic) bond motifs is 3. The third-order valence-corrected chi connectivity index (χ3v) is 4.35. The van der Waals surface area contributed by atoms with Crippen LogP contribution < -0.4 is 5.32 Å². The van der Waals surface area contributed by atoms with Crippen LogP contribution in [0.5, 0.6) is 0 Å². The molecule has 2 atom stereocenters. The molecule has 2 heterocycles. The van der Waals surface area contributed by atoms with E-state index in [1.165, 1.54) is 7.11 Å². The third kappa shape index (κ3) is 1.96. The topological polar surface area (TPSA) is 74.3 Å². The Hall–Kier alpha value is -1.85. The molecule has 21 heavy (non-hydrogen) atoms. The molecule has 0 saturated heterocycles. The predicted octanol–water partition coefficient (Wildman–Crippen LogP) is 2.54. The maximum Gasteiger partial charge on any atom is 0.358 e. The Balaban J connectivity index is 2.27. The Labute approximate surface area is 123 Å². The number of aromatic amines is 1. The minimum Gasteiger partial charge on any atom is -0.478 e. The highest BCUT2D eigenvalue weighted by atomic mass is 16.5. The van der Waals surface area contributed by atoms with Gasteiger partial charge in [-0.1, -0.05) is 31.5 Å². The standard InChI is InChI=1S/C16H20N2O3/c1-3-6-10-9-17-16(21-2,15(19)20)14-13(10)11-7-4-5-8-12(11)18-14/h4-5,7-8,10,17-18H,3,6,9H2,1-2H3,(H,19,20). The van der Waals surface area contributed by atoms with Crippen LogP contribution in [0, 0.1) is 0 Å². The van der Waals surface area contributed by atoms with Crippen LogP contribution in [0.2, 0.25) is 0 Å². The molecule has 0 radical (unpaired) electrons. The van der Waals surface area contributed by atoms with E-state index in [0.29, 0.717) is 18.2 Å². The number of aromatic nitrogens is 1. The molecule has 3 rings (SSSR count). The highest BCUT2D eigenvalue weighted by Gasteiger charge is 2.48. The lowest BCUT2D eigenvalue weighted by atomic mass is 9.85. The lowest BCUT2D eigenvalue weighted by Crippen LogP contribution is -2.55. The van der Waals surface area contributed by atoms with Crippen LogP contribution in [0.4, 0.5) is 0 Å². The fourth-order valence-electron chi connectivity index (χ4n) is 3.36. The van der Waals surface area contributed by atoms with Gasteiger partial charge in [-0.3, -0.25) is 5.32 Å². The number of para-hydroxylation sites is 1. The van der Waals surface area contributed by atoms with Gasteiger partial charge in [0.05, 0.1) is 5.69 Å². The maximum atomic E-state index is 11.8. The molecule has 0 bridgehead atoms. The van der Waals surface area contributed by atoms with Crippen molar-refractivity contribution in [2.24, 2.45) is 0 Å². The molecular weight excluding hydrogens is 268 g/mol. The SMILES string of the molecule is CCCC1CNC(OC)(C(=O)O)c2[nH]c3ccccc3c21. The van der Waals surface area contributed by atoms with E-state index >= 15 is 0 Å². The third-order valence-electron chi connectivity index (χ3n) is 4.35. The Morgan fingerprint density at radius 1 is 1.48 bits per heavy atom. The first-order chi connectivity index (χ1) is 10.1. The molecule has 0 fully saturated rings. The summed E-state index contributed by atoms with van der Waals surface area (Å²) in [6.07, 6.45) is 2.07. The van der Waals surface area contributed by atoms with Crippen molar-refractivity contribution in [3.05, 3.63) is 35.5 Å². The first kappa shape index (κ1) is 14.1. The zero-order chi connectivity index (χ0) is 15.0. The normalized spacial score (nSPS) is 25.0. The van der Waals surface area contributed by atoms with Crippen molar-refractivity contribution in [2.45, 2.75) is 31.4 Å². The number of methoxy groups -OCH3 is 1. The van der Waals surface area contributed by atoms with E-state index in [9.17, 15) is 9.90 Å². The second kappa shape index (κ2) is 5.16. The number of rotatable bonds is 4. The quantitative estimate of drug-likeness (QED) is 0.808. The van der Waals surface area contributed by atoms with Crippen molar-refractivity contribution in [1.82, 2.24) is 10.3 Å². The molecule has 0 amide bonds. The summed E-state index contributed by atoms with van der Waals surface area (Å²) in [6, 6.07) is 7.94. The van der Waals surface area contributed by atoms with Crippen molar-refractivity contribution >= 4 is 16.9 Å². The molecule has 5 heteroatoms. The molecule has 5 nitrogen and oxygen atoms in total. The van der Waals surface area contributed by atoms with Crippen LogP contribution in [0.3, 0.4) is 0 Å². The summed E-state index contributed by atoms with van der Waals surface area (Å²) in [4.78, 5) is 15.1. The number of nitrogens with one attached hydrogen (secondary N) is 2. The van der Waals surface area contributed by atoms with Gasteiger partial charge in [0.15, 0.2) is 0 Å². The molecule has 0 spiro atoms. The largest absolute Gasteiger partial charge is 0.478 e. The Bertz CT molecular complexity index is 679. The minimum absolute atomic E-state index is 0.295. The van der Waals surface area contributed by atoms with Crippen molar-refractivity contribution in [3.63, 3.8) is 0 Å². The monoisotopic (exact) mass is 288 g/mol. The Morgan fingerprint density at radius 3 is 2.90 bits per heavy atom. The number of carboxylic acid groups (broad SMARTS) is 1. The van der Waals surface area contributed by atoms with Crippen LogP contribution >= 0.6 is 0 Å². The van der Waals surface area contributed by atoms with Crippen LogP contribution in [0.1, 0.15) is 36.9 Å². The fraction of sp³-hybridized carbons (Fsp3) is 0.438. The Kier molecular flexibility index (Phi) is 3.47. The van der Waals surface area contributed by atoms with Crippen LogP contribution in [0.25, 0.3) is 10.9 Å². The van der Waals surface area contributed by atoms with Crippen LogP contribution in [0.15, 0.2) is 24.3 Å². The van der Waals surface area contributed by atoms with Crippen molar-refractivity contribution in [2.75, 3.05) is 13.7 Å². The highest BCUT2D eigenvalue weighted by Crippen LogP contribution is 2.41. The smallest absolute Gasteiger partial charge is 0.358 e. The molecule has 3 N–H and O–H groups in total.